The van der Waals surface area contributed by atoms with Crippen LogP contribution in [0.1, 0.15) is 53.1 Å². The minimum Gasteiger partial charge on any atom is -0.330 e. The summed E-state index contributed by atoms with van der Waals surface area (Å²) in [4.78, 5) is 29.0. The van der Waals surface area contributed by atoms with Crippen LogP contribution >= 0.6 is 0 Å². The largest absolute Gasteiger partial charge is 0.349 e. The second kappa shape index (κ2) is 10.7. The van der Waals surface area contributed by atoms with E-state index in [-0.39, 0.29) is 11.6 Å². The van der Waals surface area contributed by atoms with Crippen LogP contribution in [0.3, 0.4) is 0 Å². The average Bonchev–Trinajstić information content (AvgIpc) is 3.25. The quantitative estimate of drug-likeness (QED) is 0.397. The molecule has 2 aromatic heterocycles. The first-order chi connectivity index (χ1) is 16.9. The van der Waals surface area contributed by atoms with E-state index in [1.54, 1.807) is 9.47 Å². The normalized spacial score (nSPS) is 12.1. The zero-order valence-electron chi connectivity index (χ0n) is 20.0. The molecule has 7 nitrogen and oxygen atoms in total. The lowest BCUT2D eigenvalue weighted by atomic mass is 10.0. The summed E-state index contributed by atoms with van der Waals surface area (Å²) in [6.45, 7) is 5.00. The van der Waals surface area contributed by atoms with Crippen LogP contribution in [0.4, 0.5) is 4.39 Å². The van der Waals surface area contributed by atoms with Crippen LogP contribution in [0.2, 0.25) is 0 Å². The first-order valence-corrected chi connectivity index (χ1v) is 11.8. The van der Waals surface area contributed by atoms with Crippen LogP contribution in [0.25, 0.3) is 5.52 Å². The van der Waals surface area contributed by atoms with Gasteiger partial charge >= 0.3 is 5.69 Å². The van der Waals surface area contributed by atoms with E-state index in [2.05, 4.69) is 5.10 Å². The van der Waals surface area contributed by atoms with Crippen molar-refractivity contribution in [1.29, 1.82) is 0 Å². The van der Waals surface area contributed by atoms with E-state index in [9.17, 15) is 14.0 Å². The third-order valence-electron chi connectivity index (χ3n) is 6.12. The summed E-state index contributed by atoms with van der Waals surface area (Å²) in [5.74, 6) is -0.631. The van der Waals surface area contributed by atoms with Gasteiger partial charge in [0.05, 0.1) is 23.8 Å². The summed E-state index contributed by atoms with van der Waals surface area (Å²) in [6.07, 6.45) is 1.18. The third kappa shape index (κ3) is 5.17. The van der Waals surface area contributed by atoms with Crippen LogP contribution < -0.4 is 11.4 Å². The van der Waals surface area contributed by atoms with Gasteiger partial charge in [0.2, 0.25) is 0 Å². The Morgan fingerprint density at radius 3 is 2.49 bits per heavy atom. The Labute approximate surface area is 203 Å². The number of hydrogen-bond acceptors (Lipinski definition) is 4. The van der Waals surface area contributed by atoms with Crippen molar-refractivity contribution in [3.8, 4) is 0 Å². The molecule has 0 saturated carbocycles. The summed E-state index contributed by atoms with van der Waals surface area (Å²) in [7, 11) is 0. The standard InChI is InChI=1S/C27H30FN5O2/c1-3-24(31(15-7-14-29)26(34)21-10-12-22(28)13-11-21)25-17-23-16-19(2)30-33(23)27(35)32(25)18-20-8-5-4-6-9-20/h4-6,8-13,16-17,24H,3,7,14-15,18,29H2,1-2H3. The number of carbonyl (C=O) groups is 1. The van der Waals surface area contributed by atoms with Crippen LogP contribution in [0, 0.1) is 12.7 Å². The number of aromatic nitrogens is 3. The predicted molar refractivity (Wildman–Crippen MR) is 134 cm³/mol. The van der Waals surface area contributed by atoms with Gasteiger partial charge in [-0.05, 0) is 68.3 Å². The highest BCUT2D eigenvalue weighted by Crippen LogP contribution is 2.27. The van der Waals surface area contributed by atoms with E-state index in [4.69, 9.17) is 5.73 Å². The number of amides is 1. The van der Waals surface area contributed by atoms with Gasteiger partial charge in [0.25, 0.3) is 5.91 Å². The highest BCUT2D eigenvalue weighted by molar-refractivity contribution is 5.94. The monoisotopic (exact) mass is 475 g/mol. The molecule has 0 bridgehead atoms. The summed E-state index contributed by atoms with van der Waals surface area (Å²) >= 11 is 0. The van der Waals surface area contributed by atoms with Gasteiger partial charge in [0.1, 0.15) is 5.82 Å². The third-order valence-corrected chi connectivity index (χ3v) is 6.12. The van der Waals surface area contributed by atoms with Crippen molar-refractivity contribution < 1.29 is 9.18 Å². The molecule has 0 aliphatic heterocycles. The van der Waals surface area contributed by atoms with Gasteiger partial charge in [-0.1, -0.05) is 37.3 Å². The molecular formula is C27H30FN5O2. The highest BCUT2D eigenvalue weighted by atomic mass is 19.1. The lowest BCUT2D eigenvalue weighted by Gasteiger charge is -2.33. The minimum absolute atomic E-state index is 0.228. The Hall–Kier alpha value is -3.78. The van der Waals surface area contributed by atoms with Crippen LogP contribution in [-0.4, -0.2) is 38.1 Å². The first kappa shape index (κ1) is 24.3. The smallest absolute Gasteiger partial charge is 0.330 e. The van der Waals surface area contributed by atoms with Gasteiger partial charge in [-0.15, -0.1) is 0 Å². The minimum atomic E-state index is -0.402. The van der Waals surface area contributed by atoms with E-state index in [1.807, 2.05) is 56.3 Å². The molecule has 4 rings (SSSR count). The highest BCUT2D eigenvalue weighted by Gasteiger charge is 2.28. The zero-order chi connectivity index (χ0) is 24.9. The molecule has 2 N–H and O–H groups in total. The SMILES string of the molecule is CCC(c1cc2cc(C)nn2c(=O)n1Cc1ccccc1)N(CCCN)C(=O)c1ccc(F)cc1. The molecule has 4 aromatic rings. The number of aryl methyl sites for hydroxylation is 1. The van der Waals surface area contributed by atoms with Crippen molar-refractivity contribution in [2.45, 2.75) is 39.3 Å². The number of nitrogens with two attached hydrogens (primary N) is 1. The van der Waals surface area contributed by atoms with Crippen molar-refractivity contribution in [3.63, 3.8) is 0 Å². The Bertz CT molecular complexity index is 1360. The molecule has 0 fully saturated rings. The number of halogens is 1. The molecule has 0 aliphatic rings. The van der Waals surface area contributed by atoms with Crippen molar-refractivity contribution in [3.05, 3.63) is 106 Å². The topological polar surface area (TPSA) is 85.6 Å². The summed E-state index contributed by atoms with van der Waals surface area (Å²) in [5.41, 5.74) is 9.03. The Morgan fingerprint density at radius 1 is 1.11 bits per heavy atom. The fourth-order valence-electron chi connectivity index (χ4n) is 4.44. The van der Waals surface area contributed by atoms with E-state index >= 15 is 0 Å². The number of hydrogen-bond donors (Lipinski definition) is 1. The fraction of sp³-hybridized carbons (Fsp3) is 0.296. The molecule has 0 saturated heterocycles. The van der Waals surface area contributed by atoms with Gasteiger partial charge in [0.15, 0.2) is 0 Å². The van der Waals surface area contributed by atoms with Gasteiger partial charge in [-0.2, -0.15) is 9.61 Å². The lowest BCUT2D eigenvalue weighted by Crippen LogP contribution is -2.40. The molecule has 8 heteroatoms. The molecule has 2 heterocycles. The maximum Gasteiger partial charge on any atom is 0.349 e. The number of carbonyl (C=O) groups excluding carboxylic acids is 1. The molecule has 2 aromatic carbocycles. The molecule has 0 aliphatic carbocycles. The van der Waals surface area contributed by atoms with E-state index < -0.39 is 11.9 Å². The second-order valence-electron chi connectivity index (χ2n) is 8.62. The molecular weight excluding hydrogens is 445 g/mol. The summed E-state index contributed by atoms with van der Waals surface area (Å²) in [5, 5.41) is 4.38. The number of nitrogens with zero attached hydrogens (tertiary/aromatic N) is 4. The number of fused-ring (bicyclic) bond motifs is 1. The van der Waals surface area contributed by atoms with E-state index in [1.165, 1.54) is 28.8 Å². The molecule has 0 spiro atoms. The molecule has 35 heavy (non-hydrogen) atoms. The Morgan fingerprint density at radius 2 is 1.83 bits per heavy atom. The van der Waals surface area contributed by atoms with Gasteiger partial charge in [-0.3, -0.25) is 9.36 Å². The lowest BCUT2D eigenvalue weighted by molar-refractivity contribution is 0.0660. The van der Waals surface area contributed by atoms with Crippen molar-refractivity contribution in [2.75, 3.05) is 13.1 Å². The van der Waals surface area contributed by atoms with E-state index in [0.29, 0.717) is 43.6 Å². The molecule has 182 valence electrons. The van der Waals surface area contributed by atoms with Gasteiger partial charge in [0, 0.05) is 17.8 Å². The predicted octanol–water partition coefficient (Wildman–Crippen LogP) is 3.93. The van der Waals surface area contributed by atoms with Gasteiger partial charge < -0.3 is 10.6 Å². The maximum atomic E-state index is 13.6. The van der Waals surface area contributed by atoms with E-state index in [0.717, 1.165) is 17.0 Å². The van der Waals surface area contributed by atoms with Crippen molar-refractivity contribution in [2.24, 2.45) is 5.73 Å². The van der Waals surface area contributed by atoms with Crippen molar-refractivity contribution in [1.82, 2.24) is 19.1 Å². The van der Waals surface area contributed by atoms with Crippen LogP contribution in [0.15, 0.2) is 71.5 Å². The molecule has 1 atom stereocenters. The maximum absolute atomic E-state index is 13.6. The molecule has 0 radical (unpaired) electrons. The molecule has 1 amide bonds. The van der Waals surface area contributed by atoms with Crippen molar-refractivity contribution >= 4 is 11.4 Å². The number of benzene rings is 2. The summed E-state index contributed by atoms with van der Waals surface area (Å²) < 4.78 is 16.6. The summed E-state index contributed by atoms with van der Waals surface area (Å²) in [6, 6.07) is 18.6. The first-order valence-electron chi connectivity index (χ1n) is 11.8. The Kier molecular flexibility index (Phi) is 7.41. The average molecular weight is 476 g/mol. The number of rotatable bonds is 9. The zero-order valence-corrected chi connectivity index (χ0v) is 20.0. The fourth-order valence-corrected chi connectivity index (χ4v) is 4.44. The van der Waals surface area contributed by atoms with Crippen LogP contribution in [0.5, 0.6) is 0 Å². The Balaban J connectivity index is 1.86. The molecule has 1 unspecified atom stereocenters. The van der Waals surface area contributed by atoms with Crippen LogP contribution in [-0.2, 0) is 6.54 Å². The van der Waals surface area contributed by atoms with Gasteiger partial charge in [-0.25, -0.2) is 9.18 Å². The second-order valence-corrected chi connectivity index (χ2v) is 8.62.